The number of hydrogen-bond donors (Lipinski definition) is 1. The largest absolute Gasteiger partial charge is 0.495 e. The van der Waals surface area contributed by atoms with Gasteiger partial charge in [0.05, 0.1) is 12.8 Å². The fraction of sp³-hybridized carbons (Fsp3) is 0.375. The molecule has 0 fully saturated rings. The summed E-state index contributed by atoms with van der Waals surface area (Å²) in [5.74, 6) is 0.406. The summed E-state index contributed by atoms with van der Waals surface area (Å²) in [6.07, 6.45) is -2.62. The van der Waals surface area contributed by atoms with Gasteiger partial charge in [0.25, 0.3) is 6.43 Å². The number of aromatic nitrogens is 1. The molecule has 0 aliphatic heterocycles. The average molecular weight is 267 g/mol. The predicted octanol–water partition coefficient (Wildman–Crippen LogP) is 2.25. The Bertz CT molecular complexity index is 333. The van der Waals surface area contributed by atoms with Gasteiger partial charge in [0.1, 0.15) is 11.4 Å². The Balaban J connectivity index is 3.23. The summed E-state index contributed by atoms with van der Waals surface area (Å²) in [5, 5.41) is 0. The summed E-state index contributed by atoms with van der Waals surface area (Å²) in [5.41, 5.74) is 5.35. The van der Waals surface area contributed by atoms with Gasteiger partial charge in [0.15, 0.2) is 0 Å². The zero-order valence-corrected chi connectivity index (χ0v) is 9.01. The molecular formula is C8H9BrF2N2O. The lowest BCUT2D eigenvalue weighted by Crippen LogP contribution is -2.06. The first-order valence-electron chi connectivity index (χ1n) is 3.81. The maximum atomic E-state index is 12.4. The molecule has 0 bridgehead atoms. The molecule has 0 unspecified atom stereocenters. The molecule has 14 heavy (non-hydrogen) atoms. The Morgan fingerprint density at radius 1 is 1.64 bits per heavy atom. The summed E-state index contributed by atoms with van der Waals surface area (Å²) in [6, 6.07) is 1.44. The number of methoxy groups -OCH3 is 1. The van der Waals surface area contributed by atoms with E-state index in [-0.39, 0.29) is 16.7 Å². The molecule has 6 heteroatoms. The molecule has 78 valence electrons. The van der Waals surface area contributed by atoms with Crippen LogP contribution in [0.25, 0.3) is 0 Å². The van der Waals surface area contributed by atoms with Crippen molar-refractivity contribution >= 4 is 15.9 Å². The van der Waals surface area contributed by atoms with E-state index in [4.69, 9.17) is 10.5 Å². The molecule has 0 aliphatic carbocycles. The number of hydrogen-bond acceptors (Lipinski definition) is 3. The molecule has 0 aliphatic rings. The van der Waals surface area contributed by atoms with Gasteiger partial charge in [-0.3, -0.25) is 0 Å². The number of nitrogens with two attached hydrogens (primary N) is 1. The number of nitrogens with zero attached hydrogens (tertiary/aromatic N) is 1. The van der Waals surface area contributed by atoms with Crippen molar-refractivity contribution in [2.45, 2.75) is 13.0 Å². The first-order valence-corrected chi connectivity index (χ1v) is 4.61. The van der Waals surface area contributed by atoms with Crippen molar-refractivity contribution < 1.29 is 13.5 Å². The monoisotopic (exact) mass is 266 g/mol. The highest BCUT2D eigenvalue weighted by atomic mass is 79.9. The lowest BCUT2D eigenvalue weighted by Gasteiger charge is -2.09. The quantitative estimate of drug-likeness (QED) is 0.913. The molecule has 2 N–H and O–H groups in total. The van der Waals surface area contributed by atoms with E-state index in [1.165, 1.54) is 13.2 Å². The fourth-order valence-corrected chi connectivity index (χ4v) is 1.47. The van der Waals surface area contributed by atoms with Gasteiger partial charge in [0.2, 0.25) is 0 Å². The van der Waals surface area contributed by atoms with Crippen molar-refractivity contribution in [1.82, 2.24) is 4.98 Å². The number of ether oxygens (including phenoxy) is 1. The molecular weight excluding hydrogens is 258 g/mol. The van der Waals surface area contributed by atoms with Gasteiger partial charge >= 0.3 is 0 Å². The Hall–Kier alpha value is -0.750. The summed E-state index contributed by atoms with van der Waals surface area (Å²) < 4.78 is 30.0. The summed E-state index contributed by atoms with van der Waals surface area (Å²) >= 11 is 2.99. The minimum absolute atomic E-state index is 0.0656. The molecule has 1 heterocycles. The highest BCUT2D eigenvalue weighted by Crippen LogP contribution is 2.30. The van der Waals surface area contributed by atoms with Gasteiger partial charge in [-0.05, 0) is 22.0 Å². The van der Waals surface area contributed by atoms with E-state index in [1.807, 2.05) is 0 Å². The SMILES string of the molecule is COc1cc(Br)c(C(F)F)nc1CN. The maximum Gasteiger partial charge on any atom is 0.281 e. The van der Waals surface area contributed by atoms with Crippen molar-refractivity contribution in [3.8, 4) is 5.75 Å². The van der Waals surface area contributed by atoms with Crippen molar-refractivity contribution in [3.63, 3.8) is 0 Å². The Labute approximate surface area is 88.4 Å². The van der Waals surface area contributed by atoms with Gasteiger partial charge < -0.3 is 10.5 Å². The van der Waals surface area contributed by atoms with Crippen LogP contribution in [0, 0.1) is 0 Å². The normalized spacial score (nSPS) is 10.7. The third-order valence-electron chi connectivity index (χ3n) is 1.66. The molecule has 0 atom stereocenters. The molecule has 1 aromatic rings. The van der Waals surface area contributed by atoms with Crippen LogP contribution in [-0.4, -0.2) is 12.1 Å². The third kappa shape index (κ3) is 2.19. The third-order valence-corrected chi connectivity index (χ3v) is 2.30. The van der Waals surface area contributed by atoms with Crippen LogP contribution in [-0.2, 0) is 6.54 Å². The van der Waals surface area contributed by atoms with Crippen LogP contribution in [0.5, 0.6) is 5.75 Å². The van der Waals surface area contributed by atoms with Crippen molar-refractivity contribution in [2.75, 3.05) is 7.11 Å². The van der Waals surface area contributed by atoms with E-state index in [1.54, 1.807) is 0 Å². The van der Waals surface area contributed by atoms with E-state index < -0.39 is 6.43 Å². The molecule has 0 aromatic carbocycles. The zero-order valence-electron chi connectivity index (χ0n) is 7.43. The van der Waals surface area contributed by atoms with Crippen molar-refractivity contribution in [3.05, 3.63) is 21.9 Å². The molecule has 1 rings (SSSR count). The number of pyridine rings is 1. The molecule has 0 saturated heterocycles. The lowest BCUT2D eigenvalue weighted by molar-refractivity contribution is 0.144. The molecule has 0 saturated carbocycles. The molecule has 0 spiro atoms. The van der Waals surface area contributed by atoms with Gasteiger partial charge in [-0.2, -0.15) is 0 Å². The van der Waals surface area contributed by atoms with E-state index in [0.717, 1.165) is 0 Å². The maximum absolute atomic E-state index is 12.4. The second-order valence-corrected chi connectivity index (χ2v) is 3.36. The number of rotatable bonds is 3. The smallest absolute Gasteiger partial charge is 0.281 e. The minimum Gasteiger partial charge on any atom is -0.495 e. The van der Waals surface area contributed by atoms with E-state index >= 15 is 0 Å². The Morgan fingerprint density at radius 2 is 2.29 bits per heavy atom. The standard InChI is InChI=1S/C8H9BrF2N2O/c1-14-6-2-4(9)7(8(10)11)13-5(6)3-12/h2,8H,3,12H2,1H3. The molecule has 1 aromatic heterocycles. The van der Waals surface area contributed by atoms with Gasteiger partial charge in [-0.1, -0.05) is 0 Å². The van der Waals surface area contributed by atoms with E-state index in [0.29, 0.717) is 11.4 Å². The van der Waals surface area contributed by atoms with Crippen LogP contribution in [0.3, 0.4) is 0 Å². The molecule has 3 nitrogen and oxygen atoms in total. The first kappa shape index (κ1) is 11.3. The van der Waals surface area contributed by atoms with Crippen LogP contribution in [0.15, 0.2) is 10.5 Å². The lowest BCUT2D eigenvalue weighted by atomic mass is 10.3. The van der Waals surface area contributed by atoms with Gasteiger partial charge in [-0.25, -0.2) is 13.8 Å². The second kappa shape index (κ2) is 4.65. The van der Waals surface area contributed by atoms with Crippen LogP contribution in [0.4, 0.5) is 8.78 Å². The number of alkyl halides is 2. The Kier molecular flexibility index (Phi) is 3.77. The van der Waals surface area contributed by atoms with Crippen LogP contribution < -0.4 is 10.5 Å². The second-order valence-electron chi connectivity index (χ2n) is 2.51. The van der Waals surface area contributed by atoms with E-state index in [2.05, 4.69) is 20.9 Å². The van der Waals surface area contributed by atoms with Crippen LogP contribution >= 0.6 is 15.9 Å². The summed E-state index contributed by atoms with van der Waals surface area (Å²) in [6.45, 7) is 0.0656. The minimum atomic E-state index is -2.62. The first-order chi connectivity index (χ1) is 6.60. The zero-order chi connectivity index (χ0) is 10.7. The van der Waals surface area contributed by atoms with Gasteiger partial charge in [-0.15, -0.1) is 0 Å². The topological polar surface area (TPSA) is 48.1 Å². The summed E-state index contributed by atoms with van der Waals surface area (Å²) in [7, 11) is 1.44. The Morgan fingerprint density at radius 3 is 2.71 bits per heavy atom. The van der Waals surface area contributed by atoms with Gasteiger partial charge in [0, 0.05) is 11.0 Å². The predicted molar refractivity (Wildman–Crippen MR) is 51.3 cm³/mol. The van der Waals surface area contributed by atoms with Crippen molar-refractivity contribution in [1.29, 1.82) is 0 Å². The highest BCUT2D eigenvalue weighted by Gasteiger charge is 2.17. The van der Waals surface area contributed by atoms with Crippen molar-refractivity contribution in [2.24, 2.45) is 5.73 Å². The molecule has 0 amide bonds. The van der Waals surface area contributed by atoms with Crippen LogP contribution in [0.1, 0.15) is 17.8 Å². The highest BCUT2D eigenvalue weighted by molar-refractivity contribution is 9.10. The summed E-state index contributed by atoms with van der Waals surface area (Å²) in [4.78, 5) is 3.71. The molecule has 0 radical (unpaired) electrons. The van der Waals surface area contributed by atoms with Crippen LogP contribution in [0.2, 0.25) is 0 Å². The van der Waals surface area contributed by atoms with E-state index in [9.17, 15) is 8.78 Å². The average Bonchev–Trinajstić information content (AvgIpc) is 2.16. The fourth-order valence-electron chi connectivity index (χ4n) is 1.00. The number of halogens is 3.